The minimum Gasteiger partial charge on any atom is -0.465 e. The van der Waals surface area contributed by atoms with Gasteiger partial charge in [-0.3, -0.25) is 10.1 Å². The van der Waals surface area contributed by atoms with Gasteiger partial charge in [0.2, 0.25) is 0 Å². The number of benzene rings is 2. The molecule has 1 aromatic heterocycles. The molecule has 0 amide bonds. The average molecular weight is 466 g/mol. The van der Waals surface area contributed by atoms with Crippen molar-refractivity contribution in [3.05, 3.63) is 69.9 Å². The first-order valence-corrected chi connectivity index (χ1v) is 10.4. The summed E-state index contributed by atoms with van der Waals surface area (Å²) in [6.07, 6.45) is 0. The molecule has 0 radical (unpaired) electrons. The van der Waals surface area contributed by atoms with Crippen LogP contribution in [0.1, 0.15) is 20.8 Å². The molecule has 4 rings (SSSR count). The summed E-state index contributed by atoms with van der Waals surface area (Å²) in [4.78, 5) is 38.8. The van der Waals surface area contributed by atoms with Crippen LogP contribution in [0.15, 0.2) is 48.5 Å². The molecular weight excluding hydrogens is 444 g/mol. The highest BCUT2D eigenvalue weighted by molar-refractivity contribution is 6.07. The molecule has 0 saturated carbocycles. The van der Waals surface area contributed by atoms with Gasteiger partial charge in [-0.2, -0.15) is 5.10 Å². The normalized spacial score (nSPS) is 13.4. The Labute approximate surface area is 194 Å². The van der Waals surface area contributed by atoms with Crippen LogP contribution in [-0.4, -0.2) is 67.2 Å². The number of nitro benzene ring substituents is 1. The molecule has 0 atom stereocenters. The molecule has 0 bridgehead atoms. The maximum atomic E-state index is 12.8. The number of morpholine rings is 1. The maximum Gasteiger partial charge on any atom is 0.357 e. The number of esters is 2. The Kier molecular flexibility index (Phi) is 6.55. The van der Waals surface area contributed by atoms with Gasteiger partial charge in [-0.15, -0.1) is 0 Å². The van der Waals surface area contributed by atoms with Crippen LogP contribution < -0.4 is 4.90 Å². The van der Waals surface area contributed by atoms with Crippen LogP contribution in [0.3, 0.4) is 0 Å². The van der Waals surface area contributed by atoms with Crippen LogP contribution >= 0.6 is 0 Å². The number of aromatic nitrogens is 2. The highest BCUT2D eigenvalue weighted by Crippen LogP contribution is 2.36. The first kappa shape index (κ1) is 22.9. The van der Waals surface area contributed by atoms with E-state index in [0.717, 1.165) is 0 Å². The molecule has 1 saturated heterocycles. The van der Waals surface area contributed by atoms with Crippen molar-refractivity contribution in [2.75, 3.05) is 45.4 Å². The number of para-hydroxylation sites is 1. The van der Waals surface area contributed by atoms with Gasteiger partial charge in [0.25, 0.3) is 5.69 Å². The third kappa shape index (κ3) is 4.20. The Balaban J connectivity index is 1.94. The second kappa shape index (κ2) is 9.71. The Morgan fingerprint density at radius 1 is 1.03 bits per heavy atom. The molecule has 0 spiro atoms. The summed E-state index contributed by atoms with van der Waals surface area (Å²) in [7, 11) is 2.37. The monoisotopic (exact) mass is 466 g/mol. The molecule has 11 nitrogen and oxygen atoms in total. The fourth-order valence-corrected chi connectivity index (χ4v) is 3.85. The zero-order valence-corrected chi connectivity index (χ0v) is 18.6. The summed E-state index contributed by atoms with van der Waals surface area (Å²) in [5.41, 5.74) is 0.842. The fraction of sp³-hybridized carbons (Fsp3) is 0.261. The number of hydrogen-bond donors (Lipinski definition) is 0. The van der Waals surface area contributed by atoms with Gasteiger partial charge >= 0.3 is 11.9 Å². The number of carbonyl (C=O) groups excluding carboxylic acids is 2. The smallest absolute Gasteiger partial charge is 0.357 e. The summed E-state index contributed by atoms with van der Waals surface area (Å²) in [6, 6.07) is 13.3. The second-order valence-corrected chi connectivity index (χ2v) is 7.36. The van der Waals surface area contributed by atoms with Crippen LogP contribution in [0.25, 0.3) is 16.9 Å². The lowest BCUT2D eigenvalue weighted by atomic mass is 10.0. The van der Waals surface area contributed by atoms with Gasteiger partial charge in [-0.05, 0) is 18.2 Å². The number of ether oxygens (including phenoxy) is 3. The van der Waals surface area contributed by atoms with Gasteiger partial charge in [0, 0.05) is 24.7 Å². The van der Waals surface area contributed by atoms with E-state index < -0.39 is 16.9 Å². The minimum absolute atomic E-state index is 0.0627. The van der Waals surface area contributed by atoms with E-state index in [1.165, 1.54) is 25.0 Å². The fourth-order valence-electron chi connectivity index (χ4n) is 3.85. The highest BCUT2D eigenvalue weighted by atomic mass is 16.6. The molecule has 2 aromatic carbocycles. The quantitative estimate of drug-likeness (QED) is 0.306. The lowest BCUT2D eigenvalue weighted by Gasteiger charge is -2.28. The molecule has 34 heavy (non-hydrogen) atoms. The first-order chi connectivity index (χ1) is 16.5. The summed E-state index contributed by atoms with van der Waals surface area (Å²) in [6.45, 7) is 1.97. The summed E-state index contributed by atoms with van der Waals surface area (Å²) in [5, 5.41) is 16.4. The Hall–Kier alpha value is -4.25. The lowest BCUT2D eigenvalue weighted by molar-refractivity contribution is -0.384. The van der Waals surface area contributed by atoms with E-state index >= 15 is 0 Å². The van der Waals surface area contributed by atoms with Crippen LogP contribution in [0.5, 0.6) is 0 Å². The van der Waals surface area contributed by atoms with Crippen molar-refractivity contribution in [1.82, 2.24) is 9.78 Å². The van der Waals surface area contributed by atoms with E-state index in [4.69, 9.17) is 14.2 Å². The summed E-state index contributed by atoms with van der Waals surface area (Å²) < 4.78 is 16.4. The molecule has 2 heterocycles. The molecular formula is C23H22N4O7. The molecule has 11 heteroatoms. The summed E-state index contributed by atoms with van der Waals surface area (Å²) >= 11 is 0. The molecule has 3 aromatic rings. The van der Waals surface area contributed by atoms with Gasteiger partial charge in [-0.1, -0.05) is 24.3 Å². The van der Waals surface area contributed by atoms with Gasteiger partial charge in [-0.25, -0.2) is 14.3 Å². The van der Waals surface area contributed by atoms with E-state index in [0.29, 0.717) is 37.7 Å². The zero-order chi connectivity index (χ0) is 24.2. The van der Waals surface area contributed by atoms with Crippen molar-refractivity contribution in [3.8, 4) is 16.9 Å². The number of carbonyl (C=O) groups is 2. The predicted octanol–water partition coefficient (Wildman–Crippen LogP) is 2.86. The van der Waals surface area contributed by atoms with Gasteiger partial charge in [0.1, 0.15) is 16.9 Å². The Bertz CT molecular complexity index is 1230. The molecule has 0 N–H and O–H groups in total. The van der Waals surface area contributed by atoms with E-state index in [1.54, 1.807) is 42.5 Å². The molecule has 0 aliphatic carbocycles. The highest BCUT2D eigenvalue weighted by Gasteiger charge is 2.32. The topological polar surface area (TPSA) is 126 Å². The van der Waals surface area contributed by atoms with Crippen LogP contribution in [0.4, 0.5) is 11.4 Å². The van der Waals surface area contributed by atoms with Gasteiger partial charge < -0.3 is 19.1 Å². The van der Waals surface area contributed by atoms with Crippen molar-refractivity contribution >= 4 is 23.3 Å². The number of nitrogens with zero attached hydrogens (tertiary/aromatic N) is 4. The van der Waals surface area contributed by atoms with Crippen molar-refractivity contribution in [3.63, 3.8) is 0 Å². The number of nitro groups is 1. The second-order valence-electron chi connectivity index (χ2n) is 7.36. The Morgan fingerprint density at radius 2 is 1.71 bits per heavy atom. The molecule has 176 valence electrons. The first-order valence-electron chi connectivity index (χ1n) is 10.4. The minimum atomic E-state index is -0.822. The van der Waals surface area contributed by atoms with Crippen molar-refractivity contribution in [2.24, 2.45) is 0 Å². The summed E-state index contributed by atoms with van der Waals surface area (Å²) in [5.74, 6) is -1.63. The maximum absolute atomic E-state index is 12.8. The molecule has 1 fully saturated rings. The number of methoxy groups -OCH3 is 2. The zero-order valence-electron chi connectivity index (χ0n) is 18.6. The number of rotatable bonds is 6. The van der Waals surface area contributed by atoms with E-state index in [-0.39, 0.29) is 28.2 Å². The van der Waals surface area contributed by atoms with Gasteiger partial charge in [0.05, 0.1) is 38.0 Å². The molecule has 1 aliphatic heterocycles. The Morgan fingerprint density at radius 3 is 2.32 bits per heavy atom. The number of hydrogen-bond acceptors (Lipinski definition) is 9. The van der Waals surface area contributed by atoms with Crippen molar-refractivity contribution in [2.45, 2.75) is 0 Å². The van der Waals surface area contributed by atoms with Crippen LogP contribution in [0, 0.1) is 10.1 Å². The largest absolute Gasteiger partial charge is 0.465 e. The van der Waals surface area contributed by atoms with Crippen LogP contribution in [0.2, 0.25) is 0 Å². The SMILES string of the molecule is COC(=O)c1c(-c2ccc(N3CCOCC3)c([N+](=O)[O-])c2)nn(-c2ccccc2)c1C(=O)OC. The van der Waals surface area contributed by atoms with Crippen molar-refractivity contribution < 1.29 is 28.7 Å². The van der Waals surface area contributed by atoms with E-state index in [1.807, 2.05) is 4.90 Å². The third-order valence-corrected chi connectivity index (χ3v) is 5.45. The number of anilines is 1. The average Bonchev–Trinajstić information content (AvgIpc) is 3.29. The van der Waals surface area contributed by atoms with Crippen LogP contribution in [-0.2, 0) is 14.2 Å². The van der Waals surface area contributed by atoms with Gasteiger partial charge in [0.15, 0.2) is 5.69 Å². The lowest BCUT2D eigenvalue weighted by Crippen LogP contribution is -2.36. The molecule has 1 aliphatic rings. The molecule has 0 unspecified atom stereocenters. The predicted molar refractivity (Wildman–Crippen MR) is 121 cm³/mol. The van der Waals surface area contributed by atoms with E-state index in [9.17, 15) is 19.7 Å². The van der Waals surface area contributed by atoms with E-state index in [2.05, 4.69) is 5.10 Å². The van der Waals surface area contributed by atoms with Crippen molar-refractivity contribution in [1.29, 1.82) is 0 Å². The third-order valence-electron chi connectivity index (χ3n) is 5.45. The standard InChI is InChI=1S/C23H22N4O7/c1-32-22(28)19-20(24-26(21(19)23(29)33-2)16-6-4-3-5-7-16)15-8-9-17(18(14-15)27(30)31)25-10-12-34-13-11-25/h3-9,14H,10-13H2,1-2H3.